The van der Waals surface area contributed by atoms with E-state index in [4.69, 9.17) is 9.47 Å². The molecule has 0 unspecified atom stereocenters. The molecule has 0 aliphatic carbocycles. The Hall–Kier alpha value is -2.14. The van der Waals surface area contributed by atoms with Crippen LogP contribution in [0.3, 0.4) is 0 Å². The molecule has 1 N–H and O–H groups in total. The number of amides is 1. The van der Waals surface area contributed by atoms with Crippen LogP contribution in [0.2, 0.25) is 0 Å². The van der Waals surface area contributed by atoms with Crippen LogP contribution in [-0.2, 0) is 4.79 Å². The SMILES string of the molecule is CCOc1ccc(NC(=O)CSc2ccc(C)cc2C)cc1OC. The smallest absolute Gasteiger partial charge is 0.234 e. The van der Waals surface area contributed by atoms with Crippen LogP contribution in [0.15, 0.2) is 41.3 Å². The Balaban J connectivity index is 1.96. The minimum absolute atomic E-state index is 0.0498. The summed E-state index contributed by atoms with van der Waals surface area (Å²) in [7, 11) is 1.58. The molecule has 1 amide bonds. The van der Waals surface area contributed by atoms with Crippen molar-refractivity contribution < 1.29 is 14.3 Å². The number of hydrogen-bond donors (Lipinski definition) is 1. The quantitative estimate of drug-likeness (QED) is 0.754. The number of nitrogens with one attached hydrogen (secondary N) is 1. The van der Waals surface area contributed by atoms with Gasteiger partial charge < -0.3 is 14.8 Å². The van der Waals surface area contributed by atoms with Crippen LogP contribution < -0.4 is 14.8 Å². The average Bonchev–Trinajstić information content (AvgIpc) is 2.55. The van der Waals surface area contributed by atoms with Crippen LogP contribution in [0.5, 0.6) is 11.5 Å². The summed E-state index contributed by atoms with van der Waals surface area (Å²) in [5.74, 6) is 1.59. The van der Waals surface area contributed by atoms with E-state index >= 15 is 0 Å². The van der Waals surface area contributed by atoms with E-state index in [9.17, 15) is 4.79 Å². The van der Waals surface area contributed by atoms with E-state index < -0.39 is 0 Å². The second kappa shape index (κ2) is 8.64. The maximum Gasteiger partial charge on any atom is 0.234 e. The third-order valence-corrected chi connectivity index (χ3v) is 4.61. The van der Waals surface area contributed by atoms with Gasteiger partial charge in [-0.05, 0) is 44.5 Å². The topological polar surface area (TPSA) is 47.6 Å². The monoisotopic (exact) mass is 345 g/mol. The van der Waals surface area contributed by atoms with Crippen molar-refractivity contribution in [3.05, 3.63) is 47.5 Å². The van der Waals surface area contributed by atoms with E-state index in [1.807, 2.05) is 13.0 Å². The van der Waals surface area contributed by atoms with Crippen molar-refractivity contribution in [1.29, 1.82) is 0 Å². The minimum Gasteiger partial charge on any atom is -0.493 e. The van der Waals surface area contributed by atoms with Gasteiger partial charge in [0, 0.05) is 16.6 Å². The molecule has 0 radical (unpaired) electrons. The van der Waals surface area contributed by atoms with Gasteiger partial charge in [-0.1, -0.05) is 17.7 Å². The molecule has 24 heavy (non-hydrogen) atoms. The third-order valence-electron chi connectivity index (χ3n) is 3.44. The Morgan fingerprint density at radius 1 is 1.12 bits per heavy atom. The number of thioether (sulfide) groups is 1. The lowest BCUT2D eigenvalue weighted by atomic mass is 10.2. The number of rotatable bonds is 7. The number of anilines is 1. The van der Waals surface area contributed by atoms with E-state index in [0.29, 0.717) is 29.5 Å². The van der Waals surface area contributed by atoms with Crippen LogP contribution in [0.4, 0.5) is 5.69 Å². The van der Waals surface area contributed by atoms with Crippen LogP contribution in [0, 0.1) is 13.8 Å². The summed E-state index contributed by atoms with van der Waals surface area (Å²) in [4.78, 5) is 13.3. The number of carbonyl (C=O) groups excluding carboxylic acids is 1. The molecule has 5 heteroatoms. The van der Waals surface area contributed by atoms with Crippen LogP contribution >= 0.6 is 11.8 Å². The van der Waals surface area contributed by atoms with Gasteiger partial charge in [-0.15, -0.1) is 11.8 Å². The standard InChI is InChI=1S/C19H23NO3S/c1-5-23-16-8-7-15(11-17(16)22-4)20-19(21)12-24-18-9-6-13(2)10-14(18)3/h6-11H,5,12H2,1-4H3,(H,20,21). The highest BCUT2D eigenvalue weighted by molar-refractivity contribution is 8.00. The summed E-state index contributed by atoms with van der Waals surface area (Å²) >= 11 is 1.54. The van der Waals surface area contributed by atoms with Gasteiger partial charge in [-0.25, -0.2) is 0 Å². The van der Waals surface area contributed by atoms with Crippen molar-refractivity contribution in [1.82, 2.24) is 0 Å². The van der Waals surface area contributed by atoms with Gasteiger partial charge in [0.05, 0.1) is 19.5 Å². The molecule has 0 saturated heterocycles. The summed E-state index contributed by atoms with van der Waals surface area (Å²) in [5, 5.41) is 2.89. The van der Waals surface area contributed by atoms with Crippen LogP contribution in [-0.4, -0.2) is 25.4 Å². The van der Waals surface area contributed by atoms with E-state index in [2.05, 4.69) is 37.4 Å². The number of hydrogen-bond acceptors (Lipinski definition) is 4. The zero-order valence-electron chi connectivity index (χ0n) is 14.5. The summed E-state index contributed by atoms with van der Waals surface area (Å²) in [6.45, 7) is 6.60. The first-order valence-electron chi connectivity index (χ1n) is 7.84. The summed E-state index contributed by atoms with van der Waals surface area (Å²) in [5.41, 5.74) is 3.11. The lowest BCUT2D eigenvalue weighted by Crippen LogP contribution is -2.14. The van der Waals surface area contributed by atoms with Gasteiger partial charge in [0.25, 0.3) is 0 Å². The van der Waals surface area contributed by atoms with Gasteiger partial charge in [0.1, 0.15) is 0 Å². The van der Waals surface area contributed by atoms with E-state index in [-0.39, 0.29) is 5.91 Å². The van der Waals surface area contributed by atoms with Crippen LogP contribution in [0.25, 0.3) is 0 Å². The van der Waals surface area contributed by atoms with Gasteiger partial charge in [-0.3, -0.25) is 4.79 Å². The van der Waals surface area contributed by atoms with Crippen molar-refractivity contribution in [2.45, 2.75) is 25.7 Å². The molecule has 2 aromatic rings. The number of carbonyl (C=O) groups is 1. The van der Waals surface area contributed by atoms with Crippen molar-refractivity contribution in [3.63, 3.8) is 0 Å². The van der Waals surface area contributed by atoms with Crippen LogP contribution in [0.1, 0.15) is 18.1 Å². The molecule has 0 aliphatic rings. The fraction of sp³-hybridized carbons (Fsp3) is 0.316. The maximum atomic E-state index is 12.2. The first-order chi connectivity index (χ1) is 11.5. The number of aryl methyl sites for hydroxylation is 2. The molecule has 0 bridgehead atoms. The number of methoxy groups -OCH3 is 1. The molecule has 0 spiro atoms. The summed E-state index contributed by atoms with van der Waals surface area (Å²) in [6, 6.07) is 11.6. The zero-order chi connectivity index (χ0) is 17.5. The fourth-order valence-electron chi connectivity index (χ4n) is 2.32. The molecule has 0 atom stereocenters. The maximum absolute atomic E-state index is 12.2. The first-order valence-corrected chi connectivity index (χ1v) is 8.82. The normalized spacial score (nSPS) is 10.3. The molecular weight excluding hydrogens is 322 g/mol. The average molecular weight is 345 g/mol. The molecule has 128 valence electrons. The second-order valence-corrected chi connectivity index (χ2v) is 6.42. The zero-order valence-corrected chi connectivity index (χ0v) is 15.3. The Bertz CT molecular complexity index is 716. The molecular formula is C19H23NO3S. The molecule has 0 heterocycles. The van der Waals surface area contributed by atoms with E-state index in [1.54, 1.807) is 19.2 Å². The first kappa shape index (κ1) is 18.2. The highest BCUT2D eigenvalue weighted by atomic mass is 32.2. The summed E-state index contributed by atoms with van der Waals surface area (Å²) in [6.07, 6.45) is 0. The van der Waals surface area contributed by atoms with Crippen molar-refractivity contribution in [2.75, 3.05) is 24.8 Å². The Labute approximate surface area is 147 Å². The highest BCUT2D eigenvalue weighted by Gasteiger charge is 2.09. The minimum atomic E-state index is -0.0498. The lowest BCUT2D eigenvalue weighted by Gasteiger charge is -2.12. The molecule has 0 aliphatic heterocycles. The van der Waals surface area contributed by atoms with Crippen molar-refractivity contribution >= 4 is 23.4 Å². The fourth-order valence-corrected chi connectivity index (χ4v) is 3.13. The molecule has 0 fully saturated rings. The predicted molar refractivity (Wildman–Crippen MR) is 99.4 cm³/mol. The van der Waals surface area contributed by atoms with E-state index in [0.717, 1.165) is 4.90 Å². The van der Waals surface area contributed by atoms with Crippen molar-refractivity contribution in [2.24, 2.45) is 0 Å². The van der Waals surface area contributed by atoms with Crippen molar-refractivity contribution in [3.8, 4) is 11.5 Å². The molecule has 4 nitrogen and oxygen atoms in total. The Morgan fingerprint density at radius 3 is 2.58 bits per heavy atom. The van der Waals surface area contributed by atoms with Gasteiger partial charge in [0.2, 0.25) is 5.91 Å². The van der Waals surface area contributed by atoms with Gasteiger partial charge in [-0.2, -0.15) is 0 Å². The Kier molecular flexibility index (Phi) is 6.55. The number of benzene rings is 2. The van der Waals surface area contributed by atoms with Gasteiger partial charge in [0.15, 0.2) is 11.5 Å². The summed E-state index contributed by atoms with van der Waals surface area (Å²) < 4.78 is 10.8. The number of ether oxygens (including phenoxy) is 2. The lowest BCUT2D eigenvalue weighted by molar-refractivity contribution is -0.113. The Morgan fingerprint density at radius 2 is 1.92 bits per heavy atom. The highest BCUT2D eigenvalue weighted by Crippen LogP contribution is 2.30. The second-order valence-electron chi connectivity index (χ2n) is 5.40. The largest absolute Gasteiger partial charge is 0.493 e. The predicted octanol–water partition coefficient (Wildman–Crippen LogP) is 4.44. The third kappa shape index (κ3) is 4.93. The van der Waals surface area contributed by atoms with E-state index in [1.165, 1.54) is 22.9 Å². The molecule has 0 saturated carbocycles. The molecule has 0 aromatic heterocycles. The molecule has 2 rings (SSSR count). The van der Waals surface area contributed by atoms with Gasteiger partial charge >= 0.3 is 0 Å². The molecule has 2 aromatic carbocycles.